The molecular weight excluding hydrogens is 463 g/mol. The quantitative estimate of drug-likeness (QED) is 0.568. The van der Waals surface area contributed by atoms with E-state index in [1.807, 2.05) is 0 Å². The Bertz CT molecular complexity index is 1300. The Kier molecular flexibility index (Phi) is 6.53. The van der Waals surface area contributed by atoms with E-state index in [4.69, 9.17) is 0 Å². The second-order valence-electron chi connectivity index (χ2n) is 7.66. The Morgan fingerprint density at radius 2 is 1.79 bits per heavy atom. The molecule has 2 amide bonds. The van der Waals surface area contributed by atoms with Gasteiger partial charge in [-0.15, -0.1) is 11.8 Å². The van der Waals surface area contributed by atoms with E-state index >= 15 is 0 Å². The first-order valence-corrected chi connectivity index (χ1v) is 12.8. The zero-order valence-corrected chi connectivity index (χ0v) is 19.3. The van der Waals surface area contributed by atoms with Crippen molar-refractivity contribution in [3.63, 3.8) is 0 Å². The molecule has 0 aliphatic carbocycles. The highest BCUT2D eigenvalue weighted by Crippen LogP contribution is 2.42. The summed E-state index contributed by atoms with van der Waals surface area (Å²) in [7, 11) is -3.88. The minimum atomic E-state index is -3.88. The third-order valence-corrected chi connectivity index (χ3v) is 7.61. The van der Waals surface area contributed by atoms with Crippen LogP contribution in [0.3, 0.4) is 0 Å². The largest absolute Gasteiger partial charge is 0.295 e. The number of nitrogens with one attached hydrogen (secondary N) is 1. The van der Waals surface area contributed by atoms with Crippen LogP contribution < -0.4 is 9.62 Å². The van der Waals surface area contributed by atoms with Crippen molar-refractivity contribution in [3.05, 3.63) is 101 Å². The van der Waals surface area contributed by atoms with Crippen molar-refractivity contribution >= 4 is 39.3 Å². The summed E-state index contributed by atoms with van der Waals surface area (Å²) in [6, 6.07) is 19.3. The maximum absolute atomic E-state index is 13.3. The second kappa shape index (κ2) is 9.36. The first-order valence-electron chi connectivity index (χ1n) is 10.1. The highest BCUT2D eigenvalue weighted by molar-refractivity contribution is 8.00. The number of aryl methyl sites for hydroxylation is 1. The van der Waals surface area contributed by atoms with Gasteiger partial charge in [0.2, 0.25) is 15.9 Å². The number of rotatable bonds is 6. The first-order chi connectivity index (χ1) is 15.7. The molecule has 170 valence electrons. The molecule has 0 radical (unpaired) electrons. The molecule has 1 N–H and O–H groups in total. The fourth-order valence-corrected chi connectivity index (χ4v) is 5.93. The van der Waals surface area contributed by atoms with E-state index in [9.17, 15) is 22.4 Å². The molecule has 33 heavy (non-hydrogen) atoms. The van der Waals surface area contributed by atoms with Crippen LogP contribution in [0.2, 0.25) is 0 Å². The topological polar surface area (TPSA) is 83.6 Å². The molecule has 3 aromatic carbocycles. The molecule has 0 saturated carbocycles. The number of amides is 2. The van der Waals surface area contributed by atoms with Crippen molar-refractivity contribution < 1.29 is 22.4 Å². The Hall–Kier alpha value is -3.17. The van der Waals surface area contributed by atoms with E-state index in [0.717, 1.165) is 5.56 Å². The second-order valence-corrected chi connectivity index (χ2v) is 10.4. The molecular formula is C24H21FN2O4S2. The van der Waals surface area contributed by atoms with Crippen LogP contribution in [0.4, 0.5) is 10.1 Å². The van der Waals surface area contributed by atoms with E-state index in [2.05, 4.69) is 4.72 Å². The predicted molar refractivity (Wildman–Crippen MR) is 127 cm³/mol. The van der Waals surface area contributed by atoms with Gasteiger partial charge in [0.25, 0.3) is 5.91 Å². The fraction of sp³-hybridized carbons (Fsp3) is 0.167. The molecule has 1 unspecified atom stereocenters. The summed E-state index contributed by atoms with van der Waals surface area (Å²) in [5, 5.41) is -0.317. The third kappa shape index (κ3) is 5.26. The van der Waals surface area contributed by atoms with Gasteiger partial charge in [-0.25, -0.2) is 17.5 Å². The highest BCUT2D eigenvalue weighted by atomic mass is 32.2. The van der Waals surface area contributed by atoms with Gasteiger partial charge in [-0.3, -0.25) is 14.5 Å². The van der Waals surface area contributed by atoms with Crippen LogP contribution in [0, 0.1) is 12.7 Å². The molecule has 0 aromatic heterocycles. The lowest BCUT2D eigenvalue weighted by molar-refractivity contribution is -0.115. The van der Waals surface area contributed by atoms with Crippen LogP contribution in [-0.4, -0.2) is 26.0 Å². The van der Waals surface area contributed by atoms with Crippen LogP contribution >= 0.6 is 11.8 Å². The van der Waals surface area contributed by atoms with Gasteiger partial charge in [-0.2, -0.15) is 0 Å². The van der Waals surface area contributed by atoms with Crippen molar-refractivity contribution in [1.82, 2.24) is 4.72 Å². The summed E-state index contributed by atoms with van der Waals surface area (Å²) in [6.07, 6.45) is 0. The highest BCUT2D eigenvalue weighted by Gasteiger charge is 2.35. The van der Waals surface area contributed by atoms with Crippen LogP contribution in [0.1, 0.15) is 32.4 Å². The molecule has 6 nitrogen and oxygen atoms in total. The van der Waals surface area contributed by atoms with Crippen molar-refractivity contribution in [1.29, 1.82) is 0 Å². The number of sulfonamides is 1. The van der Waals surface area contributed by atoms with Crippen molar-refractivity contribution in [2.75, 3.05) is 10.7 Å². The minimum absolute atomic E-state index is 0.0972. The molecule has 4 rings (SSSR count). The van der Waals surface area contributed by atoms with Crippen molar-refractivity contribution in [2.24, 2.45) is 0 Å². The third-order valence-electron chi connectivity index (χ3n) is 5.19. The minimum Gasteiger partial charge on any atom is -0.295 e. The van der Waals surface area contributed by atoms with Gasteiger partial charge in [0, 0.05) is 11.3 Å². The van der Waals surface area contributed by atoms with E-state index in [1.54, 1.807) is 66.4 Å². The lowest BCUT2D eigenvalue weighted by atomic mass is 10.1. The Balaban J connectivity index is 1.54. The molecule has 1 aliphatic heterocycles. The molecule has 1 saturated heterocycles. The number of nitrogens with zero attached hydrogens (tertiary/aromatic N) is 1. The fourth-order valence-electron chi connectivity index (χ4n) is 3.66. The summed E-state index contributed by atoms with van der Waals surface area (Å²) < 4.78 is 40.2. The number of anilines is 1. The molecule has 9 heteroatoms. The van der Waals surface area contributed by atoms with Gasteiger partial charge in [-0.05, 0) is 53.9 Å². The van der Waals surface area contributed by atoms with E-state index in [0.29, 0.717) is 16.8 Å². The van der Waals surface area contributed by atoms with Gasteiger partial charge >= 0.3 is 0 Å². The molecule has 1 aliphatic rings. The Morgan fingerprint density at radius 1 is 1.09 bits per heavy atom. The molecule has 1 heterocycles. The molecule has 3 aromatic rings. The number of hydrogen-bond donors (Lipinski definition) is 1. The Labute approximate surface area is 195 Å². The number of halogens is 1. The summed E-state index contributed by atoms with van der Waals surface area (Å²) in [6.45, 7) is 1.75. The standard InChI is InChI=1S/C24H21FN2O4S2/c1-16-13-19(23(29)26-33(30,31)15-17-5-3-2-4-6-17)9-12-21(16)27-22(28)14-32-24(27)18-7-10-20(25)11-8-18/h2-13,24H,14-15H2,1H3,(H,26,29). The van der Waals surface area contributed by atoms with E-state index in [-0.39, 0.29) is 34.2 Å². The van der Waals surface area contributed by atoms with Gasteiger partial charge in [0.15, 0.2) is 0 Å². The van der Waals surface area contributed by atoms with E-state index < -0.39 is 15.9 Å². The maximum atomic E-state index is 13.3. The van der Waals surface area contributed by atoms with E-state index in [1.165, 1.54) is 30.0 Å². The van der Waals surface area contributed by atoms with Gasteiger partial charge in [-0.1, -0.05) is 42.5 Å². The predicted octanol–water partition coefficient (Wildman–Crippen LogP) is 4.17. The normalized spacial score (nSPS) is 16.1. The van der Waals surface area contributed by atoms with Crippen LogP contribution in [-0.2, 0) is 20.6 Å². The Morgan fingerprint density at radius 3 is 2.45 bits per heavy atom. The zero-order valence-electron chi connectivity index (χ0n) is 17.7. The summed E-state index contributed by atoms with van der Waals surface area (Å²) in [5.74, 6) is -1.22. The van der Waals surface area contributed by atoms with Gasteiger partial charge < -0.3 is 0 Å². The van der Waals surface area contributed by atoms with Crippen molar-refractivity contribution in [3.8, 4) is 0 Å². The SMILES string of the molecule is Cc1cc(C(=O)NS(=O)(=O)Cc2ccccc2)ccc1N1C(=O)CSC1c1ccc(F)cc1. The lowest BCUT2D eigenvalue weighted by Gasteiger charge is -2.26. The maximum Gasteiger partial charge on any atom is 0.264 e. The number of carbonyl (C=O) groups is 2. The van der Waals surface area contributed by atoms with Gasteiger partial charge in [0.1, 0.15) is 11.2 Å². The smallest absolute Gasteiger partial charge is 0.264 e. The van der Waals surface area contributed by atoms with Gasteiger partial charge in [0.05, 0.1) is 11.5 Å². The number of hydrogen-bond acceptors (Lipinski definition) is 5. The summed E-state index contributed by atoms with van der Waals surface area (Å²) in [4.78, 5) is 26.9. The number of benzene rings is 3. The van der Waals surface area contributed by atoms with Crippen LogP contribution in [0.5, 0.6) is 0 Å². The molecule has 1 fully saturated rings. The molecule has 1 atom stereocenters. The first kappa shape index (κ1) is 23.0. The number of thioether (sulfide) groups is 1. The van der Waals surface area contributed by atoms with Crippen LogP contribution in [0.25, 0.3) is 0 Å². The average Bonchev–Trinajstić information content (AvgIpc) is 3.15. The number of carbonyl (C=O) groups excluding carboxylic acids is 2. The van der Waals surface area contributed by atoms with Crippen LogP contribution in [0.15, 0.2) is 72.8 Å². The van der Waals surface area contributed by atoms with Crippen molar-refractivity contribution in [2.45, 2.75) is 18.1 Å². The summed E-state index contributed by atoms with van der Waals surface area (Å²) >= 11 is 1.44. The lowest BCUT2D eigenvalue weighted by Crippen LogP contribution is -2.32. The zero-order chi connectivity index (χ0) is 23.6. The molecule has 0 bridgehead atoms. The summed E-state index contributed by atoms with van der Waals surface area (Å²) in [5.41, 5.74) is 2.79. The molecule has 0 spiro atoms. The monoisotopic (exact) mass is 484 g/mol. The average molecular weight is 485 g/mol.